The van der Waals surface area contributed by atoms with E-state index in [1.165, 1.54) is 18.2 Å². The predicted octanol–water partition coefficient (Wildman–Crippen LogP) is 7.85. The van der Waals surface area contributed by atoms with Crippen LogP contribution < -0.4 is 0 Å². The van der Waals surface area contributed by atoms with E-state index in [9.17, 15) is 20.2 Å². The topological polar surface area (TPSA) is 86.3 Å². The highest BCUT2D eigenvalue weighted by atomic mass is 35.5. The molecular weight excluding hydrogens is 499 g/mol. The van der Waals surface area contributed by atoms with Crippen molar-refractivity contribution in [1.29, 1.82) is 0 Å². The number of nitrogens with zero attached hydrogens (tertiary/aromatic N) is 2. The van der Waals surface area contributed by atoms with Gasteiger partial charge in [-0.05, 0) is 58.5 Å². The Bertz CT molecular complexity index is 1440. The number of nitro benzene ring substituents is 2. The number of benzene rings is 4. The molecular formula is C28H20Cl2N2O4. The summed E-state index contributed by atoms with van der Waals surface area (Å²) in [6.07, 6.45) is 0.539. The molecule has 0 saturated carbocycles. The highest BCUT2D eigenvalue weighted by Gasteiger charge is 2.53. The van der Waals surface area contributed by atoms with Gasteiger partial charge in [-0.25, -0.2) is 0 Å². The number of nitro groups is 2. The Hall–Kier alpha value is -3.74. The van der Waals surface area contributed by atoms with E-state index >= 15 is 0 Å². The number of rotatable bonds is 5. The molecule has 36 heavy (non-hydrogen) atoms. The van der Waals surface area contributed by atoms with E-state index < -0.39 is 20.7 Å². The summed E-state index contributed by atoms with van der Waals surface area (Å²) in [5, 5.41) is 24.2. The molecule has 0 saturated heterocycles. The standard InChI is InChI=1S/C28H20Cl2N2O4/c1-27(18-6-12-23(13-7-18)31(33)34)17-28(19-2-8-21(29)9-3-19,20-4-10-22(30)11-5-20)26-16-24(32(35)36)14-15-25(26)27/h2-16H,17H2,1H3. The van der Waals surface area contributed by atoms with Gasteiger partial charge in [-0.2, -0.15) is 0 Å². The van der Waals surface area contributed by atoms with Crippen LogP contribution in [0.5, 0.6) is 0 Å². The van der Waals surface area contributed by atoms with E-state index in [1.807, 2.05) is 54.6 Å². The van der Waals surface area contributed by atoms with E-state index in [1.54, 1.807) is 18.2 Å². The lowest BCUT2D eigenvalue weighted by Gasteiger charge is -2.35. The molecule has 4 aromatic carbocycles. The van der Waals surface area contributed by atoms with Gasteiger partial charge in [-0.3, -0.25) is 20.2 Å². The molecule has 0 aromatic heterocycles. The van der Waals surface area contributed by atoms with Crippen LogP contribution in [0.1, 0.15) is 41.2 Å². The van der Waals surface area contributed by atoms with Crippen molar-refractivity contribution >= 4 is 34.6 Å². The lowest BCUT2D eigenvalue weighted by atomic mass is 9.67. The summed E-state index contributed by atoms with van der Waals surface area (Å²) in [4.78, 5) is 22.3. The molecule has 4 aromatic rings. The first-order valence-corrected chi connectivity index (χ1v) is 12.0. The Morgan fingerprint density at radius 3 is 1.56 bits per heavy atom. The van der Waals surface area contributed by atoms with Gasteiger partial charge in [0.15, 0.2) is 0 Å². The van der Waals surface area contributed by atoms with Crippen LogP contribution in [0.25, 0.3) is 0 Å². The minimum Gasteiger partial charge on any atom is -0.258 e. The summed E-state index contributed by atoms with van der Waals surface area (Å²) in [6.45, 7) is 2.08. The number of non-ortho nitro benzene ring substituents is 2. The largest absolute Gasteiger partial charge is 0.269 e. The zero-order chi connectivity index (χ0) is 25.7. The zero-order valence-corrected chi connectivity index (χ0v) is 20.7. The van der Waals surface area contributed by atoms with Crippen molar-refractivity contribution in [2.45, 2.75) is 24.2 Å². The van der Waals surface area contributed by atoms with Crippen molar-refractivity contribution in [2.75, 3.05) is 0 Å². The molecule has 1 aliphatic carbocycles. The summed E-state index contributed by atoms with van der Waals surface area (Å²) in [7, 11) is 0. The quantitative estimate of drug-likeness (QED) is 0.198. The number of halogens is 2. The molecule has 1 aliphatic rings. The van der Waals surface area contributed by atoms with Gasteiger partial charge in [0.1, 0.15) is 0 Å². The zero-order valence-electron chi connectivity index (χ0n) is 19.2. The third-order valence-corrected chi connectivity index (χ3v) is 7.78. The Morgan fingerprint density at radius 1 is 0.639 bits per heavy atom. The average molecular weight is 519 g/mol. The van der Waals surface area contributed by atoms with Crippen LogP contribution in [0.15, 0.2) is 91.0 Å². The van der Waals surface area contributed by atoms with Crippen LogP contribution in [0.3, 0.4) is 0 Å². The number of hydrogen-bond donors (Lipinski definition) is 0. The maximum Gasteiger partial charge on any atom is 0.269 e. The molecule has 0 bridgehead atoms. The minimum atomic E-state index is -0.757. The van der Waals surface area contributed by atoms with Crippen LogP contribution in [-0.2, 0) is 10.8 Å². The highest BCUT2D eigenvalue weighted by Crippen LogP contribution is 2.59. The molecule has 1 unspecified atom stereocenters. The van der Waals surface area contributed by atoms with Crippen LogP contribution >= 0.6 is 23.2 Å². The molecule has 5 rings (SSSR count). The Kier molecular flexibility index (Phi) is 5.81. The lowest BCUT2D eigenvalue weighted by molar-refractivity contribution is -0.385. The van der Waals surface area contributed by atoms with Gasteiger partial charge >= 0.3 is 0 Å². The van der Waals surface area contributed by atoms with Crippen molar-refractivity contribution in [3.63, 3.8) is 0 Å². The lowest BCUT2D eigenvalue weighted by Crippen LogP contribution is -2.30. The van der Waals surface area contributed by atoms with Crippen molar-refractivity contribution in [3.05, 3.63) is 149 Å². The molecule has 180 valence electrons. The number of hydrogen-bond acceptors (Lipinski definition) is 4. The summed E-state index contributed by atoms with van der Waals surface area (Å²) in [5.74, 6) is 0. The third kappa shape index (κ3) is 3.74. The second-order valence-corrected chi connectivity index (χ2v) is 10.1. The van der Waals surface area contributed by atoms with Crippen LogP contribution in [-0.4, -0.2) is 9.85 Å². The molecule has 6 nitrogen and oxygen atoms in total. The van der Waals surface area contributed by atoms with Gasteiger partial charge in [0, 0.05) is 45.1 Å². The van der Waals surface area contributed by atoms with Gasteiger partial charge < -0.3 is 0 Å². The first kappa shape index (κ1) is 24.0. The average Bonchev–Trinajstić information content (AvgIpc) is 3.15. The highest BCUT2D eigenvalue weighted by molar-refractivity contribution is 6.30. The van der Waals surface area contributed by atoms with Crippen molar-refractivity contribution in [2.24, 2.45) is 0 Å². The summed E-state index contributed by atoms with van der Waals surface area (Å²) < 4.78 is 0. The van der Waals surface area contributed by atoms with Crippen LogP contribution in [0, 0.1) is 20.2 Å². The summed E-state index contributed by atoms with van der Waals surface area (Å²) in [6, 6.07) is 26.5. The summed E-state index contributed by atoms with van der Waals surface area (Å²) >= 11 is 12.5. The molecule has 0 radical (unpaired) electrons. The molecule has 0 heterocycles. The second kappa shape index (κ2) is 8.73. The van der Waals surface area contributed by atoms with Gasteiger partial charge in [-0.1, -0.05) is 72.6 Å². The Labute approximate surface area is 217 Å². The smallest absolute Gasteiger partial charge is 0.258 e. The molecule has 0 spiro atoms. The minimum absolute atomic E-state index is 0.00550. The van der Waals surface area contributed by atoms with E-state index in [4.69, 9.17) is 23.2 Å². The molecule has 8 heteroatoms. The normalized spacial score (nSPS) is 18.0. The van der Waals surface area contributed by atoms with Gasteiger partial charge in [0.05, 0.1) is 9.85 Å². The Morgan fingerprint density at radius 2 is 1.08 bits per heavy atom. The first-order valence-electron chi connectivity index (χ1n) is 11.2. The fourth-order valence-electron chi connectivity index (χ4n) is 5.56. The maximum absolute atomic E-state index is 11.8. The molecule has 0 fully saturated rings. The maximum atomic E-state index is 11.8. The van der Waals surface area contributed by atoms with Gasteiger partial charge in [0.25, 0.3) is 11.4 Å². The van der Waals surface area contributed by atoms with Crippen molar-refractivity contribution in [1.82, 2.24) is 0 Å². The van der Waals surface area contributed by atoms with Crippen LogP contribution in [0.2, 0.25) is 10.0 Å². The van der Waals surface area contributed by atoms with Crippen LogP contribution in [0.4, 0.5) is 11.4 Å². The van der Waals surface area contributed by atoms with E-state index in [0.29, 0.717) is 16.5 Å². The monoisotopic (exact) mass is 518 g/mol. The van der Waals surface area contributed by atoms with E-state index in [-0.39, 0.29) is 11.4 Å². The Balaban J connectivity index is 1.83. The predicted molar refractivity (Wildman–Crippen MR) is 140 cm³/mol. The third-order valence-electron chi connectivity index (χ3n) is 7.28. The first-order chi connectivity index (χ1) is 17.1. The molecule has 0 N–H and O–H groups in total. The molecule has 0 amide bonds. The van der Waals surface area contributed by atoms with E-state index in [0.717, 1.165) is 27.8 Å². The number of fused-ring (bicyclic) bond motifs is 1. The molecule has 1 atom stereocenters. The van der Waals surface area contributed by atoms with Crippen molar-refractivity contribution < 1.29 is 9.85 Å². The fourth-order valence-corrected chi connectivity index (χ4v) is 5.81. The second-order valence-electron chi connectivity index (χ2n) is 9.22. The SMILES string of the molecule is CC1(c2ccc([N+](=O)[O-])cc2)CC(c2ccc(Cl)cc2)(c2ccc(Cl)cc2)c2cc([N+](=O)[O-])ccc21. The van der Waals surface area contributed by atoms with Crippen molar-refractivity contribution in [3.8, 4) is 0 Å². The van der Waals surface area contributed by atoms with Gasteiger partial charge in [-0.15, -0.1) is 0 Å². The summed E-state index contributed by atoms with van der Waals surface area (Å²) in [5.41, 5.74) is 3.12. The fraction of sp³-hybridized carbons (Fsp3) is 0.143. The van der Waals surface area contributed by atoms with Gasteiger partial charge in [0.2, 0.25) is 0 Å². The van der Waals surface area contributed by atoms with E-state index in [2.05, 4.69) is 6.92 Å². The molecule has 0 aliphatic heterocycles.